The number of amides is 1. The van der Waals surface area contributed by atoms with E-state index in [4.69, 9.17) is 4.74 Å². The van der Waals surface area contributed by atoms with Crippen LogP contribution in [0.4, 0.5) is 17.6 Å². The molecule has 222 valence electrons. The van der Waals surface area contributed by atoms with Crippen LogP contribution in [0.2, 0.25) is 0 Å². The smallest absolute Gasteiger partial charge is 0.416 e. The number of nitrogens with one attached hydrogen (secondary N) is 1. The maximum Gasteiger partial charge on any atom is 0.416 e. The Morgan fingerprint density at radius 2 is 1.76 bits per heavy atom. The van der Waals surface area contributed by atoms with Crippen LogP contribution in [0.15, 0.2) is 71.6 Å². The average molecular weight is 595 g/mol. The Bertz CT molecular complexity index is 1430. The normalized spacial score (nSPS) is 12.8. The number of hydrogen-bond acceptors (Lipinski definition) is 5. The molecule has 0 radical (unpaired) electrons. The zero-order valence-corrected chi connectivity index (χ0v) is 24.0. The highest BCUT2D eigenvalue weighted by atomic mass is 32.2. The van der Waals surface area contributed by atoms with Crippen LogP contribution in [0, 0.1) is 5.82 Å². The number of halogens is 4. The third-order valence-corrected chi connectivity index (χ3v) is 7.65. The maximum absolute atomic E-state index is 14.8. The Balaban J connectivity index is 1.72. The summed E-state index contributed by atoms with van der Waals surface area (Å²) in [6, 6.07) is 17.3. The van der Waals surface area contributed by atoms with Crippen molar-refractivity contribution in [2.45, 2.75) is 50.3 Å². The first-order chi connectivity index (χ1) is 19.2. The van der Waals surface area contributed by atoms with Crippen LogP contribution in [0.1, 0.15) is 48.4 Å². The van der Waals surface area contributed by atoms with Gasteiger partial charge in [-0.25, -0.2) is 12.8 Å². The zero-order valence-electron chi connectivity index (χ0n) is 23.2. The van der Waals surface area contributed by atoms with Crippen molar-refractivity contribution in [2.24, 2.45) is 0 Å². The lowest BCUT2D eigenvalue weighted by Crippen LogP contribution is -2.29. The number of rotatable bonds is 13. The summed E-state index contributed by atoms with van der Waals surface area (Å²) in [5, 5.41) is 2.41. The summed E-state index contributed by atoms with van der Waals surface area (Å²) < 4.78 is 84.9. The molecule has 41 heavy (non-hydrogen) atoms. The van der Waals surface area contributed by atoms with Crippen molar-refractivity contribution in [3.63, 3.8) is 0 Å². The molecule has 1 unspecified atom stereocenters. The number of benzene rings is 3. The lowest BCUT2D eigenvalue weighted by atomic mass is 10.00. The van der Waals surface area contributed by atoms with Gasteiger partial charge in [-0.2, -0.15) is 13.2 Å². The number of sulfone groups is 1. The SMILES string of the molecule is CC(=O)NCc1c(F)cc(OCCCN(Cc2cccc(C(F)(F)F)c2)CC(C)c2ccccc2)cc1S(C)(=O)=O. The molecule has 6 nitrogen and oxygen atoms in total. The molecule has 0 saturated heterocycles. The summed E-state index contributed by atoms with van der Waals surface area (Å²) in [4.78, 5) is 13.0. The van der Waals surface area contributed by atoms with E-state index in [1.54, 1.807) is 6.07 Å². The number of ether oxygens (including phenoxy) is 1. The van der Waals surface area contributed by atoms with Gasteiger partial charge in [0.25, 0.3) is 0 Å². The maximum atomic E-state index is 14.8. The molecule has 0 heterocycles. The zero-order chi connectivity index (χ0) is 30.2. The van der Waals surface area contributed by atoms with Gasteiger partial charge < -0.3 is 10.1 Å². The van der Waals surface area contributed by atoms with E-state index in [2.05, 4.69) is 5.32 Å². The van der Waals surface area contributed by atoms with E-state index in [1.807, 2.05) is 42.2 Å². The molecule has 0 bridgehead atoms. The number of nitrogens with zero attached hydrogens (tertiary/aromatic N) is 1. The first kappa shape index (κ1) is 32.1. The molecule has 0 aromatic heterocycles. The summed E-state index contributed by atoms with van der Waals surface area (Å²) in [5.74, 6) is -1.12. The molecule has 0 aliphatic rings. The number of hydrogen-bond donors (Lipinski definition) is 1. The van der Waals surface area contributed by atoms with Gasteiger partial charge in [0.1, 0.15) is 11.6 Å². The second-order valence-corrected chi connectivity index (χ2v) is 12.0. The van der Waals surface area contributed by atoms with Gasteiger partial charge in [-0.05, 0) is 35.6 Å². The molecule has 3 aromatic carbocycles. The Kier molecular flexibility index (Phi) is 10.9. The van der Waals surface area contributed by atoms with E-state index < -0.39 is 33.3 Å². The molecule has 1 atom stereocenters. The minimum Gasteiger partial charge on any atom is -0.493 e. The highest BCUT2D eigenvalue weighted by Crippen LogP contribution is 2.30. The molecule has 0 aliphatic carbocycles. The van der Waals surface area contributed by atoms with Gasteiger partial charge >= 0.3 is 6.18 Å². The van der Waals surface area contributed by atoms with E-state index in [0.29, 0.717) is 25.1 Å². The van der Waals surface area contributed by atoms with Gasteiger partial charge in [-0.3, -0.25) is 9.69 Å². The topological polar surface area (TPSA) is 75.7 Å². The predicted molar refractivity (Wildman–Crippen MR) is 149 cm³/mol. The molecule has 0 fully saturated rings. The molecule has 11 heteroatoms. The summed E-state index contributed by atoms with van der Waals surface area (Å²) in [7, 11) is -3.82. The van der Waals surface area contributed by atoms with Gasteiger partial charge in [-0.15, -0.1) is 0 Å². The number of carbonyl (C=O) groups excluding carboxylic acids is 1. The van der Waals surface area contributed by atoms with Crippen LogP contribution in [-0.4, -0.2) is 45.2 Å². The monoisotopic (exact) mass is 594 g/mol. The molecule has 3 aromatic rings. The molecule has 1 amide bonds. The number of alkyl halides is 3. The highest BCUT2D eigenvalue weighted by molar-refractivity contribution is 7.90. The van der Waals surface area contributed by atoms with Crippen LogP contribution in [0.3, 0.4) is 0 Å². The summed E-state index contributed by atoms with van der Waals surface area (Å²) in [6.07, 6.45) is -3.05. The van der Waals surface area contributed by atoms with E-state index in [9.17, 15) is 30.8 Å². The molecule has 0 saturated carbocycles. The first-order valence-electron chi connectivity index (χ1n) is 13.1. The molecule has 0 spiro atoms. The Morgan fingerprint density at radius 1 is 1.05 bits per heavy atom. The fourth-order valence-corrected chi connectivity index (χ4v) is 5.43. The fourth-order valence-electron chi connectivity index (χ4n) is 4.48. The van der Waals surface area contributed by atoms with Crippen molar-refractivity contribution in [3.8, 4) is 5.75 Å². The lowest BCUT2D eigenvalue weighted by molar-refractivity contribution is -0.137. The van der Waals surface area contributed by atoms with Crippen LogP contribution in [-0.2, 0) is 33.9 Å². The van der Waals surface area contributed by atoms with E-state index in [1.165, 1.54) is 19.1 Å². The van der Waals surface area contributed by atoms with Gasteiger partial charge in [0.15, 0.2) is 9.84 Å². The third kappa shape index (κ3) is 9.86. The van der Waals surface area contributed by atoms with Gasteiger partial charge in [0, 0.05) is 51.0 Å². The van der Waals surface area contributed by atoms with Crippen molar-refractivity contribution < 1.29 is 35.5 Å². The molecule has 1 N–H and O–H groups in total. The van der Waals surface area contributed by atoms with E-state index in [0.717, 1.165) is 30.0 Å². The largest absolute Gasteiger partial charge is 0.493 e. The molecular weight excluding hydrogens is 560 g/mol. The van der Waals surface area contributed by atoms with E-state index in [-0.39, 0.29) is 41.8 Å². The molecule has 0 aliphatic heterocycles. The van der Waals surface area contributed by atoms with Crippen LogP contribution in [0.5, 0.6) is 5.75 Å². The van der Waals surface area contributed by atoms with Crippen molar-refractivity contribution in [3.05, 3.63) is 94.8 Å². The Morgan fingerprint density at radius 3 is 2.39 bits per heavy atom. The summed E-state index contributed by atoms with van der Waals surface area (Å²) in [5.41, 5.74) is 0.758. The average Bonchev–Trinajstić information content (AvgIpc) is 2.89. The van der Waals surface area contributed by atoms with Crippen molar-refractivity contribution >= 4 is 15.7 Å². The summed E-state index contributed by atoms with van der Waals surface area (Å²) >= 11 is 0. The molecular formula is C30H34F4N2O4S. The Labute approximate surface area is 238 Å². The quantitative estimate of drug-likeness (QED) is 0.195. The second-order valence-electron chi connectivity index (χ2n) is 10.0. The fraction of sp³-hybridized carbons (Fsp3) is 0.367. The third-order valence-electron chi connectivity index (χ3n) is 6.49. The Hall–Kier alpha value is -3.44. The second kappa shape index (κ2) is 14.0. The van der Waals surface area contributed by atoms with Crippen molar-refractivity contribution in [1.82, 2.24) is 10.2 Å². The van der Waals surface area contributed by atoms with E-state index >= 15 is 0 Å². The standard InChI is InChI=1S/C30H34F4N2O4S/c1-21(24-10-5-4-6-11-24)19-36(20-23-9-7-12-25(15-23)30(32,33)34)13-8-14-40-26-16-28(31)27(18-35-22(2)37)29(17-26)41(3,38)39/h4-7,9-12,15-17,21H,8,13-14,18-20H2,1-3H3,(H,35,37). The van der Waals surface area contributed by atoms with Gasteiger partial charge in [0.05, 0.1) is 17.1 Å². The first-order valence-corrected chi connectivity index (χ1v) is 15.0. The lowest BCUT2D eigenvalue weighted by Gasteiger charge is -2.26. The van der Waals surface area contributed by atoms with Crippen LogP contribution >= 0.6 is 0 Å². The minimum atomic E-state index is -4.44. The summed E-state index contributed by atoms with van der Waals surface area (Å²) in [6.45, 7) is 4.45. The van der Waals surface area contributed by atoms with Gasteiger partial charge in [-0.1, -0.05) is 55.5 Å². The van der Waals surface area contributed by atoms with Crippen LogP contribution < -0.4 is 10.1 Å². The van der Waals surface area contributed by atoms with Crippen molar-refractivity contribution in [2.75, 3.05) is 26.0 Å². The molecule has 3 rings (SSSR count). The number of carbonyl (C=O) groups is 1. The highest BCUT2D eigenvalue weighted by Gasteiger charge is 2.30. The van der Waals surface area contributed by atoms with Gasteiger partial charge in [0.2, 0.25) is 5.91 Å². The van der Waals surface area contributed by atoms with Crippen LogP contribution in [0.25, 0.3) is 0 Å². The minimum absolute atomic E-state index is 0.0246. The van der Waals surface area contributed by atoms with Crippen molar-refractivity contribution in [1.29, 1.82) is 0 Å². The predicted octanol–water partition coefficient (Wildman–Crippen LogP) is 5.96.